The Labute approximate surface area is 189 Å². The van der Waals surface area contributed by atoms with E-state index in [4.69, 9.17) is 4.74 Å². The molecule has 0 bridgehead atoms. The van der Waals surface area contributed by atoms with Gasteiger partial charge in [0.2, 0.25) is 0 Å². The fourth-order valence-electron chi connectivity index (χ4n) is 4.67. The Balaban J connectivity index is 1.39. The summed E-state index contributed by atoms with van der Waals surface area (Å²) in [6.45, 7) is 4.44. The molecule has 0 aliphatic carbocycles. The molecule has 170 valence electrons. The zero-order valence-electron chi connectivity index (χ0n) is 18.9. The second-order valence-corrected chi connectivity index (χ2v) is 8.45. The van der Waals surface area contributed by atoms with E-state index < -0.39 is 0 Å². The molecule has 1 N–H and O–H groups in total. The summed E-state index contributed by atoms with van der Waals surface area (Å²) < 4.78 is 5.33. The average molecular weight is 437 g/mol. The van der Waals surface area contributed by atoms with Crippen LogP contribution in [0.15, 0.2) is 48.5 Å². The van der Waals surface area contributed by atoms with Crippen LogP contribution >= 0.6 is 0 Å². The minimum Gasteiger partial charge on any atom is -0.497 e. The highest BCUT2D eigenvalue weighted by atomic mass is 16.5. The van der Waals surface area contributed by atoms with Crippen molar-refractivity contribution in [2.45, 2.75) is 18.8 Å². The van der Waals surface area contributed by atoms with E-state index in [1.165, 1.54) is 0 Å². The summed E-state index contributed by atoms with van der Waals surface area (Å²) in [4.78, 5) is 31.3. The molecule has 3 amide bonds. The van der Waals surface area contributed by atoms with Crippen LogP contribution in [0.3, 0.4) is 0 Å². The largest absolute Gasteiger partial charge is 0.497 e. The van der Waals surface area contributed by atoms with Crippen LogP contribution in [0.4, 0.5) is 10.5 Å². The molecule has 2 saturated heterocycles. The quantitative estimate of drug-likeness (QED) is 0.800. The van der Waals surface area contributed by atoms with E-state index >= 15 is 0 Å². The molecular formula is C25H32N4O3. The molecule has 2 fully saturated rings. The predicted octanol–water partition coefficient (Wildman–Crippen LogP) is 3.18. The SMILES string of the molecule is CNC(=O)N1CCC[C@H](c2cccc(C(=O)N3CCN(c4cccc(OC)c4)CC3)c2)C1. The number of piperazine rings is 1. The van der Waals surface area contributed by atoms with Crippen molar-refractivity contribution in [2.24, 2.45) is 0 Å². The zero-order chi connectivity index (χ0) is 22.5. The van der Waals surface area contributed by atoms with Gasteiger partial charge in [-0.3, -0.25) is 4.79 Å². The first-order valence-corrected chi connectivity index (χ1v) is 11.3. The number of carbonyl (C=O) groups is 2. The molecule has 7 heteroatoms. The highest BCUT2D eigenvalue weighted by Crippen LogP contribution is 2.28. The normalized spacial score (nSPS) is 18.9. The molecule has 2 heterocycles. The molecule has 7 nitrogen and oxygen atoms in total. The van der Waals surface area contributed by atoms with Crippen LogP contribution in [0.5, 0.6) is 5.75 Å². The third-order valence-electron chi connectivity index (χ3n) is 6.51. The highest BCUT2D eigenvalue weighted by Gasteiger charge is 2.26. The lowest BCUT2D eigenvalue weighted by Gasteiger charge is -2.36. The van der Waals surface area contributed by atoms with E-state index in [9.17, 15) is 9.59 Å². The topological polar surface area (TPSA) is 65.1 Å². The molecule has 0 spiro atoms. The van der Waals surface area contributed by atoms with Gasteiger partial charge in [0.1, 0.15) is 5.75 Å². The van der Waals surface area contributed by atoms with E-state index in [0.717, 1.165) is 55.0 Å². The molecule has 0 aromatic heterocycles. The van der Waals surface area contributed by atoms with Crippen molar-refractivity contribution in [3.8, 4) is 5.75 Å². The van der Waals surface area contributed by atoms with E-state index in [-0.39, 0.29) is 17.9 Å². The van der Waals surface area contributed by atoms with Crippen molar-refractivity contribution in [3.63, 3.8) is 0 Å². The van der Waals surface area contributed by atoms with Crippen LogP contribution in [0.1, 0.15) is 34.7 Å². The van der Waals surface area contributed by atoms with Gasteiger partial charge in [0.05, 0.1) is 7.11 Å². The molecule has 0 radical (unpaired) electrons. The summed E-state index contributed by atoms with van der Waals surface area (Å²) in [7, 11) is 3.34. The Morgan fingerprint density at radius 3 is 2.50 bits per heavy atom. The molecular weight excluding hydrogens is 404 g/mol. The number of carbonyl (C=O) groups excluding carboxylic acids is 2. The van der Waals surface area contributed by atoms with Crippen LogP contribution in [0.25, 0.3) is 0 Å². The minimum absolute atomic E-state index is 0.0316. The number of ether oxygens (including phenoxy) is 1. The molecule has 0 saturated carbocycles. The Morgan fingerprint density at radius 1 is 0.969 bits per heavy atom. The fraction of sp³-hybridized carbons (Fsp3) is 0.440. The standard InChI is InChI=1S/C25H32N4O3/c1-26-25(31)29-11-5-8-21(18-29)19-6-3-7-20(16-19)24(30)28-14-12-27(13-15-28)22-9-4-10-23(17-22)32-2/h3-4,6-7,9-10,16-17,21H,5,8,11-15,18H2,1-2H3,(H,26,31)/t21-/m0/s1. The smallest absolute Gasteiger partial charge is 0.317 e. The first-order chi connectivity index (χ1) is 15.6. The van der Waals surface area contributed by atoms with Gasteiger partial charge in [-0.1, -0.05) is 18.2 Å². The van der Waals surface area contributed by atoms with E-state index in [1.807, 2.05) is 46.2 Å². The molecule has 4 rings (SSSR count). The zero-order valence-corrected chi connectivity index (χ0v) is 18.9. The molecule has 32 heavy (non-hydrogen) atoms. The first kappa shape index (κ1) is 22.0. The van der Waals surface area contributed by atoms with Gasteiger partial charge < -0.3 is 24.8 Å². The lowest BCUT2D eigenvalue weighted by atomic mass is 9.89. The van der Waals surface area contributed by atoms with Crippen LogP contribution in [0, 0.1) is 0 Å². The number of likely N-dealkylation sites (tertiary alicyclic amines) is 1. The van der Waals surface area contributed by atoms with Crippen LogP contribution in [0.2, 0.25) is 0 Å². The van der Waals surface area contributed by atoms with E-state index in [2.05, 4.69) is 22.3 Å². The Bertz CT molecular complexity index is 956. The van der Waals surface area contributed by atoms with Gasteiger partial charge in [0.15, 0.2) is 0 Å². The second kappa shape index (κ2) is 9.94. The van der Waals surface area contributed by atoms with Crippen LogP contribution in [-0.2, 0) is 0 Å². The van der Waals surface area contributed by atoms with Crippen LogP contribution in [-0.4, -0.2) is 75.2 Å². The maximum absolute atomic E-state index is 13.2. The average Bonchev–Trinajstić information content (AvgIpc) is 2.88. The third-order valence-corrected chi connectivity index (χ3v) is 6.51. The molecule has 2 aliphatic heterocycles. The molecule has 1 atom stereocenters. The summed E-state index contributed by atoms with van der Waals surface area (Å²) in [5, 5.41) is 2.72. The highest BCUT2D eigenvalue weighted by molar-refractivity contribution is 5.94. The van der Waals surface area contributed by atoms with Gasteiger partial charge in [-0.25, -0.2) is 4.79 Å². The lowest BCUT2D eigenvalue weighted by molar-refractivity contribution is 0.0746. The van der Waals surface area contributed by atoms with Crippen LogP contribution < -0.4 is 15.0 Å². The summed E-state index contributed by atoms with van der Waals surface area (Å²) in [5.74, 6) is 1.19. The number of nitrogens with zero attached hydrogens (tertiary/aromatic N) is 3. The Hall–Kier alpha value is -3.22. The molecule has 0 unspecified atom stereocenters. The van der Waals surface area contributed by atoms with Gasteiger partial charge in [-0.05, 0) is 42.7 Å². The molecule has 2 aromatic carbocycles. The van der Waals surface area contributed by atoms with Gasteiger partial charge in [0, 0.05) is 69.6 Å². The number of piperidine rings is 1. The number of anilines is 1. The number of methoxy groups -OCH3 is 1. The third kappa shape index (κ3) is 4.82. The number of benzene rings is 2. The van der Waals surface area contributed by atoms with Crippen molar-refractivity contribution in [3.05, 3.63) is 59.7 Å². The predicted molar refractivity (Wildman–Crippen MR) is 126 cm³/mol. The fourth-order valence-corrected chi connectivity index (χ4v) is 4.67. The second-order valence-electron chi connectivity index (χ2n) is 8.45. The summed E-state index contributed by atoms with van der Waals surface area (Å²) in [5.41, 5.74) is 2.99. The van der Waals surface area contributed by atoms with Gasteiger partial charge in [-0.15, -0.1) is 0 Å². The van der Waals surface area contributed by atoms with Crippen molar-refractivity contribution in [1.82, 2.24) is 15.1 Å². The monoisotopic (exact) mass is 436 g/mol. The summed E-state index contributed by atoms with van der Waals surface area (Å²) in [6.07, 6.45) is 2.01. The van der Waals surface area contributed by atoms with Gasteiger partial charge in [-0.2, -0.15) is 0 Å². The number of hydrogen-bond donors (Lipinski definition) is 1. The van der Waals surface area contributed by atoms with Crippen molar-refractivity contribution in [1.29, 1.82) is 0 Å². The number of hydrogen-bond acceptors (Lipinski definition) is 4. The Morgan fingerprint density at radius 2 is 1.75 bits per heavy atom. The van der Waals surface area contributed by atoms with Gasteiger partial charge >= 0.3 is 6.03 Å². The lowest BCUT2D eigenvalue weighted by Crippen LogP contribution is -2.48. The maximum atomic E-state index is 13.2. The van der Waals surface area contributed by atoms with E-state index in [0.29, 0.717) is 19.6 Å². The maximum Gasteiger partial charge on any atom is 0.317 e. The number of urea groups is 1. The molecule has 2 aromatic rings. The van der Waals surface area contributed by atoms with Crippen molar-refractivity contribution < 1.29 is 14.3 Å². The minimum atomic E-state index is -0.0316. The molecule has 2 aliphatic rings. The Kier molecular flexibility index (Phi) is 6.83. The van der Waals surface area contributed by atoms with Crippen molar-refractivity contribution >= 4 is 17.6 Å². The van der Waals surface area contributed by atoms with Gasteiger partial charge in [0.25, 0.3) is 5.91 Å². The summed E-state index contributed by atoms with van der Waals surface area (Å²) in [6, 6.07) is 16.0. The summed E-state index contributed by atoms with van der Waals surface area (Å²) >= 11 is 0. The number of rotatable bonds is 4. The van der Waals surface area contributed by atoms with Crippen molar-refractivity contribution in [2.75, 3.05) is 58.3 Å². The number of amides is 3. The van der Waals surface area contributed by atoms with E-state index in [1.54, 1.807) is 14.2 Å². The number of nitrogens with one attached hydrogen (secondary N) is 1. The first-order valence-electron chi connectivity index (χ1n) is 11.3.